The number of halogens is 1. The van der Waals surface area contributed by atoms with Crippen LogP contribution < -0.4 is 14.8 Å². The first kappa shape index (κ1) is 18.2. The molecule has 0 aromatic heterocycles. The molecular formula is C19H19ClN2O4. The molecule has 7 heteroatoms. The first-order valence-electron chi connectivity index (χ1n) is 8.10. The number of ether oxygens (including phenoxy) is 2. The molecule has 3 rings (SSSR count). The molecule has 1 aliphatic rings. The minimum atomic E-state index is -0.220. The van der Waals surface area contributed by atoms with Crippen molar-refractivity contribution in [1.29, 1.82) is 0 Å². The Morgan fingerprint density at radius 3 is 2.46 bits per heavy atom. The maximum Gasteiger partial charge on any atom is 0.238 e. The monoisotopic (exact) mass is 374 g/mol. The third-order valence-corrected chi connectivity index (χ3v) is 4.20. The second-order valence-corrected chi connectivity index (χ2v) is 6.59. The van der Waals surface area contributed by atoms with Gasteiger partial charge in [-0.3, -0.25) is 14.5 Å². The van der Waals surface area contributed by atoms with Crippen molar-refractivity contribution in [2.75, 3.05) is 25.7 Å². The number of hydrogen-bond acceptors (Lipinski definition) is 5. The second kappa shape index (κ2) is 7.76. The summed E-state index contributed by atoms with van der Waals surface area (Å²) >= 11 is 5.88. The topological polar surface area (TPSA) is 67.9 Å². The van der Waals surface area contributed by atoms with Crippen LogP contribution in [0.4, 0.5) is 5.69 Å². The molecule has 1 aliphatic heterocycles. The number of carbonyl (C=O) groups is 2. The number of hydrogen-bond donors (Lipinski definition) is 1. The fourth-order valence-corrected chi connectivity index (χ4v) is 2.85. The van der Waals surface area contributed by atoms with E-state index in [0.717, 1.165) is 5.56 Å². The maximum absolute atomic E-state index is 12.4. The van der Waals surface area contributed by atoms with Crippen LogP contribution in [0.15, 0.2) is 36.4 Å². The third-order valence-electron chi connectivity index (χ3n) is 3.95. The summed E-state index contributed by atoms with van der Waals surface area (Å²) in [5.74, 6) is 0.642. The summed E-state index contributed by atoms with van der Waals surface area (Å²) in [6.07, 6.45) is 0. The zero-order valence-electron chi connectivity index (χ0n) is 14.5. The van der Waals surface area contributed by atoms with Crippen LogP contribution in [-0.2, 0) is 11.3 Å². The van der Waals surface area contributed by atoms with E-state index in [1.165, 1.54) is 6.92 Å². The van der Waals surface area contributed by atoms with Crippen molar-refractivity contribution in [3.8, 4) is 11.5 Å². The van der Waals surface area contributed by atoms with E-state index in [-0.39, 0.29) is 25.0 Å². The average molecular weight is 375 g/mol. The van der Waals surface area contributed by atoms with E-state index < -0.39 is 0 Å². The van der Waals surface area contributed by atoms with Gasteiger partial charge in [0.2, 0.25) is 12.7 Å². The predicted molar refractivity (Wildman–Crippen MR) is 99.0 cm³/mol. The number of anilines is 1. The van der Waals surface area contributed by atoms with Gasteiger partial charge in [0.25, 0.3) is 0 Å². The number of nitrogens with one attached hydrogen (secondary N) is 1. The van der Waals surface area contributed by atoms with Crippen molar-refractivity contribution >= 4 is 29.0 Å². The molecule has 0 radical (unpaired) electrons. The molecule has 0 saturated carbocycles. The Bertz CT molecular complexity index is 836. The third kappa shape index (κ3) is 4.33. The first-order valence-corrected chi connectivity index (χ1v) is 8.47. The fourth-order valence-electron chi connectivity index (χ4n) is 2.73. The lowest BCUT2D eigenvalue weighted by molar-refractivity contribution is -0.117. The minimum absolute atomic E-state index is 0.105. The lowest BCUT2D eigenvalue weighted by Gasteiger charge is -2.17. The van der Waals surface area contributed by atoms with Crippen molar-refractivity contribution < 1.29 is 19.1 Å². The number of benzene rings is 2. The Kier molecular flexibility index (Phi) is 5.44. The van der Waals surface area contributed by atoms with Crippen LogP contribution in [-0.4, -0.2) is 37.0 Å². The first-order chi connectivity index (χ1) is 12.4. The number of Topliss-reactive ketones (excluding diaryl/α,β-unsaturated/α-hetero) is 1. The van der Waals surface area contributed by atoms with Gasteiger partial charge in [-0.15, -0.1) is 0 Å². The number of carbonyl (C=O) groups excluding carboxylic acids is 2. The summed E-state index contributed by atoms with van der Waals surface area (Å²) in [5.41, 5.74) is 1.87. The van der Waals surface area contributed by atoms with Gasteiger partial charge in [0.15, 0.2) is 17.3 Å². The summed E-state index contributed by atoms with van der Waals surface area (Å²) in [5, 5.41) is 3.46. The quantitative estimate of drug-likeness (QED) is 0.785. The van der Waals surface area contributed by atoms with Gasteiger partial charge >= 0.3 is 0 Å². The average Bonchev–Trinajstić information content (AvgIpc) is 3.03. The van der Waals surface area contributed by atoms with Gasteiger partial charge in [-0.2, -0.15) is 0 Å². The smallest absolute Gasteiger partial charge is 0.238 e. The zero-order valence-corrected chi connectivity index (χ0v) is 15.3. The molecule has 1 heterocycles. The highest BCUT2D eigenvalue weighted by Crippen LogP contribution is 2.37. The number of likely N-dealkylation sites (N-methyl/N-ethyl adjacent to an activating group) is 1. The highest BCUT2D eigenvalue weighted by atomic mass is 35.5. The molecule has 0 aliphatic carbocycles. The molecule has 26 heavy (non-hydrogen) atoms. The molecule has 0 saturated heterocycles. The van der Waals surface area contributed by atoms with Crippen LogP contribution in [0.5, 0.6) is 11.5 Å². The lowest BCUT2D eigenvalue weighted by Crippen LogP contribution is -2.30. The van der Waals surface area contributed by atoms with Crippen LogP contribution >= 0.6 is 11.6 Å². The van der Waals surface area contributed by atoms with Crippen molar-refractivity contribution in [2.24, 2.45) is 0 Å². The van der Waals surface area contributed by atoms with Crippen molar-refractivity contribution in [3.05, 3.63) is 52.5 Å². The SMILES string of the molecule is CC(=O)c1cc2c(cc1NC(=O)CN(C)Cc1ccc(Cl)cc1)OCO2. The van der Waals surface area contributed by atoms with E-state index in [4.69, 9.17) is 21.1 Å². The van der Waals surface area contributed by atoms with E-state index in [0.29, 0.717) is 34.3 Å². The highest BCUT2D eigenvalue weighted by molar-refractivity contribution is 6.30. The number of ketones is 1. The van der Waals surface area contributed by atoms with Gasteiger partial charge in [-0.1, -0.05) is 23.7 Å². The van der Waals surface area contributed by atoms with E-state index in [2.05, 4.69) is 5.32 Å². The number of fused-ring (bicyclic) bond motifs is 1. The van der Waals surface area contributed by atoms with Crippen molar-refractivity contribution in [3.63, 3.8) is 0 Å². The highest BCUT2D eigenvalue weighted by Gasteiger charge is 2.20. The Balaban J connectivity index is 1.66. The molecular weight excluding hydrogens is 356 g/mol. The van der Waals surface area contributed by atoms with E-state index in [1.54, 1.807) is 12.1 Å². The molecule has 2 aromatic carbocycles. The number of nitrogens with zero attached hydrogens (tertiary/aromatic N) is 1. The molecule has 0 spiro atoms. The zero-order chi connectivity index (χ0) is 18.7. The van der Waals surface area contributed by atoms with Crippen LogP contribution in [0.1, 0.15) is 22.8 Å². The van der Waals surface area contributed by atoms with Crippen LogP contribution in [0, 0.1) is 0 Å². The largest absolute Gasteiger partial charge is 0.454 e. The Labute approximate surface area is 156 Å². The van der Waals surface area contributed by atoms with Gasteiger partial charge < -0.3 is 14.8 Å². The number of rotatable bonds is 6. The summed E-state index contributed by atoms with van der Waals surface area (Å²) in [6.45, 7) is 2.33. The molecule has 0 fully saturated rings. The fraction of sp³-hybridized carbons (Fsp3) is 0.263. The molecule has 0 bridgehead atoms. The van der Waals surface area contributed by atoms with Crippen LogP contribution in [0.25, 0.3) is 0 Å². The predicted octanol–water partition coefficient (Wildman–Crippen LogP) is 3.34. The molecule has 6 nitrogen and oxygen atoms in total. The molecule has 0 unspecified atom stereocenters. The van der Waals surface area contributed by atoms with Crippen molar-refractivity contribution in [1.82, 2.24) is 4.90 Å². The van der Waals surface area contributed by atoms with Gasteiger partial charge in [-0.05, 0) is 37.7 Å². The Morgan fingerprint density at radius 1 is 1.15 bits per heavy atom. The molecule has 2 aromatic rings. The van der Waals surface area contributed by atoms with E-state index >= 15 is 0 Å². The molecule has 1 amide bonds. The van der Waals surface area contributed by atoms with Gasteiger partial charge in [0, 0.05) is 23.2 Å². The van der Waals surface area contributed by atoms with Gasteiger partial charge in [0.05, 0.1) is 12.2 Å². The Hall–Kier alpha value is -2.57. The normalized spacial score (nSPS) is 12.3. The molecule has 136 valence electrons. The van der Waals surface area contributed by atoms with Gasteiger partial charge in [-0.25, -0.2) is 0 Å². The Morgan fingerprint density at radius 2 is 1.81 bits per heavy atom. The summed E-state index contributed by atoms with van der Waals surface area (Å²) in [4.78, 5) is 26.1. The van der Waals surface area contributed by atoms with E-state index in [9.17, 15) is 9.59 Å². The maximum atomic E-state index is 12.4. The molecule has 0 atom stereocenters. The summed E-state index contributed by atoms with van der Waals surface area (Å²) < 4.78 is 10.6. The molecule has 1 N–H and O–H groups in total. The summed E-state index contributed by atoms with van der Waals surface area (Å²) in [6, 6.07) is 10.7. The van der Waals surface area contributed by atoms with Gasteiger partial charge in [0.1, 0.15) is 0 Å². The minimum Gasteiger partial charge on any atom is -0.454 e. The lowest BCUT2D eigenvalue weighted by atomic mass is 10.1. The van der Waals surface area contributed by atoms with Crippen LogP contribution in [0.3, 0.4) is 0 Å². The number of amides is 1. The standard InChI is InChI=1S/C19H19ClN2O4/c1-12(23)15-7-17-18(26-11-25-17)8-16(15)21-19(24)10-22(2)9-13-3-5-14(20)6-4-13/h3-8H,9-11H2,1-2H3,(H,21,24). The second-order valence-electron chi connectivity index (χ2n) is 6.15. The van der Waals surface area contributed by atoms with Crippen molar-refractivity contribution in [2.45, 2.75) is 13.5 Å². The van der Waals surface area contributed by atoms with Crippen LogP contribution in [0.2, 0.25) is 5.02 Å². The summed E-state index contributed by atoms with van der Waals surface area (Å²) in [7, 11) is 1.85. The van der Waals surface area contributed by atoms with E-state index in [1.807, 2.05) is 36.2 Å².